The van der Waals surface area contributed by atoms with Gasteiger partial charge in [0.2, 0.25) is 11.9 Å². The number of aromatic nitrogens is 1. The second-order valence-electron chi connectivity index (χ2n) is 3.54. The number of hydrogen-bond donors (Lipinski definition) is 1. The van der Waals surface area contributed by atoms with Crippen molar-refractivity contribution in [1.82, 2.24) is 4.98 Å². The largest absolute Gasteiger partial charge is 0.275 e. The minimum Gasteiger partial charge on any atom is -0.275 e. The highest BCUT2D eigenvalue weighted by Gasteiger charge is 2.17. The van der Waals surface area contributed by atoms with Crippen molar-refractivity contribution >= 4 is 15.7 Å². The van der Waals surface area contributed by atoms with Gasteiger partial charge in [-0.3, -0.25) is 4.72 Å². The van der Waals surface area contributed by atoms with Crippen molar-refractivity contribution in [2.24, 2.45) is 0 Å². The maximum absolute atomic E-state index is 13.2. The number of benzene rings is 1. The topological polar surface area (TPSA) is 59.1 Å². The molecule has 2 aromatic rings. The zero-order valence-corrected chi connectivity index (χ0v) is 10.1. The molecule has 0 unspecified atom stereocenters. The Morgan fingerprint density at radius 1 is 1.05 bits per heavy atom. The Kier molecular flexibility index (Phi) is 3.43. The van der Waals surface area contributed by atoms with Crippen LogP contribution in [0.1, 0.15) is 0 Å². The molecule has 0 atom stereocenters. The van der Waals surface area contributed by atoms with E-state index in [0.717, 1.165) is 30.3 Å². The summed E-state index contributed by atoms with van der Waals surface area (Å²) in [6, 6.07) is 5.86. The van der Waals surface area contributed by atoms with Gasteiger partial charge in [-0.1, -0.05) is 6.07 Å². The molecule has 0 aliphatic rings. The number of halogens is 3. The summed E-state index contributed by atoms with van der Waals surface area (Å²) in [5, 5.41) is 0. The normalized spacial score (nSPS) is 11.3. The van der Waals surface area contributed by atoms with Crippen molar-refractivity contribution < 1.29 is 21.6 Å². The van der Waals surface area contributed by atoms with Crippen LogP contribution < -0.4 is 4.72 Å². The molecule has 0 spiro atoms. The van der Waals surface area contributed by atoms with Crippen LogP contribution in [0.25, 0.3) is 0 Å². The third-order valence-corrected chi connectivity index (χ3v) is 3.53. The van der Waals surface area contributed by atoms with E-state index in [-0.39, 0.29) is 4.90 Å². The van der Waals surface area contributed by atoms with E-state index < -0.39 is 33.4 Å². The highest BCUT2D eigenvalue weighted by molar-refractivity contribution is 7.92. The maximum Gasteiger partial charge on any atom is 0.262 e. The zero-order valence-electron chi connectivity index (χ0n) is 9.27. The summed E-state index contributed by atoms with van der Waals surface area (Å²) in [6.45, 7) is 0. The quantitative estimate of drug-likeness (QED) is 0.882. The summed E-state index contributed by atoms with van der Waals surface area (Å²) in [6.07, 6.45) is 0. The van der Waals surface area contributed by atoms with Crippen LogP contribution in [0.15, 0.2) is 41.3 Å². The summed E-state index contributed by atoms with van der Waals surface area (Å²) in [4.78, 5) is 2.46. The Morgan fingerprint density at radius 2 is 1.79 bits per heavy atom. The molecule has 2 rings (SSSR count). The van der Waals surface area contributed by atoms with Crippen LogP contribution in [0.2, 0.25) is 0 Å². The van der Waals surface area contributed by atoms with Crippen LogP contribution in [0.5, 0.6) is 0 Å². The van der Waals surface area contributed by atoms with Gasteiger partial charge in [0.05, 0.1) is 4.90 Å². The minimum absolute atomic E-state index is 0.378. The number of nitrogens with zero attached hydrogens (tertiary/aromatic N) is 1. The molecular weight excluding hydrogens is 281 g/mol. The average Bonchev–Trinajstić information content (AvgIpc) is 2.33. The summed E-state index contributed by atoms with van der Waals surface area (Å²) >= 11 is 0. The van der Waals surface area contributed by atoms with E-state index in [9.17, 15) is 21.6 Å². The first-order valence-corrected chi connectivity index (χ1v) is 6.47. The fourth-order valence-corrected chi connectivity index (χ4v) is 2.41. The van der Waals surface area contributed by atoms with Gasteiger partial charge in [0.15, 0.2) is 0 Å². The smallest absolute Gasteiger partial charge is 0.262 e. The van der Waals surface area contributed by atoms with Gasteiger partial charge in [-0.25, -0.2) is 12.8 Å². The van der Waals surface area contributed by atoms with Gasteiger partial charge in [-0.05, 0) is 30.3 Å². The number of rotatable bonds is 3. The Balaban J connectivity index is 2.36. The van der Waals surface area contributed by atoms with E-state index in [1.54, 1.807) is 0 Å². The van der Waals surface area contributed by atoms with Crippen LogP contribution in [0.4, 0.5) is 18.9 Å². The van der Waals surface area contributed by atoms with E-state index in [0.29, 0.717) is 0 Å². The number of pyridine rings is 1. The van der Waals surface area contributed by atoms with E-state index in [4.69, 9.17) is 0 Å². The number of sulfonamides is 1. The van der Waals surface area contributed by atoms with Crippen molar-refractivity contribution in [3.8, 4) is 0 Å². The van der Waals surface area contributed by atoms with Crippen LogP contribution in [-0.4, -0.2) is 13.4 Å². The monoisotopic (exact) mass is 288 g/mol. The lowest BCUT2D eigenvalue weighted by atomic mass is 10.4. The van der Waals surface area contributed by atoms with Crippen molar-refractivity contribution in [2.45, 2.75) is 4.90 Å². The lowest BCUT2D eigenvalue weighted by Gasteiger charge is -2.08. The highest BCUT2D eigenvalue weighted by Crippen LogP contribution is 2.18. The van der Waals surface area contributed by atoms with Gasteiger partial charge >= 0.3 is 0 Å². The zero-order chi connectivity index (χ0) is 14.0. The van der Waals surface area contributed by atoms with Gasteiger partial charge in [0.1, 0.15) is 11.5 Å². The number of nitrogens with one attached hydrogen (secondary N) is 1. The molecule has 0 saturated carbocycles. The van der Waals surface area contributed by atoms with Crippen LogP contribution in [-0.2, 0) is 10.0 Å². The third-order valence-electron chi connectivity index (χ3n) is 2.17. The second kappa shape index (κ2) is 4.88. The standard InChI is InChI=1S/C11H7F3N2O2S/c12-7-2-1-3-8(6-7)19(17,18)16-9-4-5-10(13)15-11(9)14/h1-6,16H. The molecule has 0 saturated heterocycles. The molecular formula is C11H7F3N2O2S. The number of anilines is 1. The van der Waals surface area contributed by atoms with Crippen molar-refractivity contribution in [2.75, 3.05) is 4.72 Å². The molecule has 0 radical (unpaired) electrons. The maximum atomic E-state index is 13.2. The molecule has 100 valence electrons. The lowest BCUT2D eigenvalue weighted by Crippen LogP contribution is -2.14. The Bertz CT molecular complexity index is 720. The first-order chi connectivity index (χ1) is 8.88. The average molecular weight is 288 g/mol. The molecule has 0 aliphatic carbocycles. The first-order valence-electron chi connectivity index (χ1n) is 4.99. The van der Waals surface area contributed by atoms with Gasteiger partial charge < -0.3 is 0 Å². The fraction of sp³-hybridized carbons (Fsp3) is 0. The predicted molar refractivity (Wildman–Crippen MR) is 61.4 cm³/mol. The first kappa shape index (κ1) is 13.3. The summed E-state index contributed by atoms with van der Waals surface area (Å²) in [7, 11) is -4.16. The second-order valence-corrected chi connectivity index (χ2v) is 5.22. The lowest BCUT2D eigenvalue weighted by molar-refractivity contribution is 0.515. The van der Waals surface area contributed by atoms with Gasteiger partial charge in [-0.2, -0.15) is 13.8 Å². The molecule has 8 heteroatoms. The Labute approximate surface area is 107 Å². The van der Waals surface area contributed by atoms with Gasteiger partial charge in [0.25, 0.3) is 10.0 Å². The van der Waals surface area contributed by atoms with Crippen molar-refractivity contribution in [3.05, 3.63) is 54.1 Å². The summed E-state index contributed by atoms with van der Waals surface area (Å²) in [5.41, 5.74) is -0.523. The summed E-state index contributed by atoms with van der Waals surface area (Å²) < 4.78 is 64.3. The Hall–Kier alpha value is -2.09. The van der Waals surface area contributed by atoms with Crippen LogP contribution >= 0.6 is 0 Å². The van der Waals surface area contributed by atoms with Crippen molar-refractivity contribution in [1.29, 1.82) is 0 Å². The molecule has 1 N–H and O–H groups in total. The minimum atomic E-state index is -4.16. The van der Waals surface area contributed by atoms with Crippen LogP contribution in [0.3, 0.4) is 0 Å². The molecule has 1 aromatic carbocycles. The van der Waals surface area contributed by atoms with E-state index in [1.807, 2.05) is 4.72 Å². The van der Waals surface area contributed by atoms with Crippen LogP contribution in [0, 0.1) is 17.7 Å². The SMILES string of the molecule is O=S(=O)(Nc1ccc(F)nc1F)c1cccc(F)c1. The fourth-order valence-electron chi connectivity index (χ4n) is 1.33. The van der Waals surface area contributed by atoms with E-state index in [1.165, 1.54) is 6.07 Å². The van der Waals surface area contributed by atoms with Crippen molar-refractivity contribution in [3.63, 3.8) is 0 Å². The molecule has 0 bridgehead atoms. The predicted octanol–water partition coefficient (Wildman–Crippen LogP) is 2.30. The molecule has 0 amide bonds. The van der Waals surface area contributed by atoms with E-state index in [2.05, 4.69) is 4.98 Å². The third kappa shape index (κ3) is 3.02. The van der Waals surface area contributed by atoms with Gasteiger partial charge in [0, 0.05) is 0 Å². The molecule has 19 heavy (non-hydrogen) atoms. The molecule has 0 fully saturated rings. The summed E-state index contributed by atoms with van der Waals surface area (Å²) in [5.74, 6) is -3.13. The number of hydrogen-bond acceptors (Lipinski definition) is 3. The molecule has 0 aliphatic heterocycles. The highest BCUT2D eigenvalue weighted by atomic mass is 32.2. The molecule has 1 heterocycles. The van der Waals surface area contributed by atoms with Gasteiger partial charge in [-0.15, -0.1) is 0 Å². The molecule has 4 nitrogen and oxygen atoms in total. The van der Waals surface area contributed by atoms with E-state index >= 15 is 0 Å². The molecule has 1 aromatic heterocycles. The Morgan fingerprint density at radius 3 is 2.42 bits per heavy atom.